The van der Waals surface area contributed by atoms with Gasteiger partial charge in [-0.3, -0.25) is 14.2 Å². The minimum absolute atomic E-state index is 0.00410. The highest BCUT2D eigenvalue weighted by molar-refractivity contribution is 7.99. The fourth-order valence-corrected chi connectivity index (χ4v) is 6.61. The number of aromatic nitrogens is 2. The number of nitrogens with zero attached hydrogens (tertiary/aromatic N) is 3. The minimum atomic E-state index is -0.0160. The molecule has 3 heterocycles. The van der Waals surface area contributed by atoms with Crippen LogP contribution >= 0.6 is 34.7 Å². The Kier molecular flexibility index (Phi) is 6.88. The number of ketones is 1. The number of hydrogen-bond donors (Lipinski definition) is 0. The zero-order valence-corrected chi connectivity index (χ0v) is 21.2. The number of carbonyl (C=O) groups excluding carboxylic acids is 1. The van der Waals surface area contributed by atoms with Crippen LogP contribution in [0.4, 0.5) is 0 Å². The summed E-state index contributed by atoms with van der Waals surface area (Å²) >= 11 is 8.89. The first-order valence-electron chi connectivity index (χ1n) is 11.2. The summed E-state index contributed by atoms with van der Waals surface area (Å²) in [5.74, 6) is 0.191. The van der Waals surface area contributed by atoms with Crippen LogP contribution in [0, 0.1) is 0 Å². The van der Waals surface area contributed by atoms with E-state index in [0.717, 1.165) is 47.3 Å². The van der Waals surface area contributed by atoms with E-state index >= 15 is 0 Å². The number of hydrogen-bond acceptors (Lipinski definition) is 6. The molecule has 0 N–H and O–H groups in total. The fourth-order valence-electron chi connectivity index (χ4n) is 4.23. The molecule has 0 radical (unpaired) electrons. The molecular weight excluding hydrogens is 486 g/mol. The van der Waals surface area contributed by atoms with E-state index in [4.69, 9.17) is 16.6 Å². The predicted octanol–water partition coefficient (Wildman–Crippen LogP) is 5.32. The molecule has 174 valence electrons. The van der Waals surface area contributed by atoms with Crippen LogP contribution in [0.1, 0.15) is 26.4 Å². The molecule has 0 atom stereocenters. The summed E-state index contributed by atoms with van der Waals surface area (Å²) in [5.41, 5.74) is 2.92. The smallest absolute Gasteiger partial charge is 0.263 e. The first kappa shape index (κ1) is 23.3. The van der Waals surface area contributed by atoms with Crippen LogP contribution in [0.2, 0.25) is 5.02 Å². The Morgan fingerprint density at radius 3 is 2.68 bits per heavy atom. The quantitative estimate of drug-likeness (QED) is 0.192. The lowest BCUT2D eigenvalue weighted by Crippen LogP contribution is -2.28. The summed E-state index contributed by atoms with van der Waals surface area (Å²) in [4.78, 5) is 35.7. The highest BCUT2D eigenvalue weighted by Crippen LogP contribution is 2.33. The predicted molar refractivity (Wildman–Crippen MR) is 141 cm³/mol. The van der Waals surface area contributed by atoms with E-state index < -0.39 is 0 Å². The van der Waals surface area contributed by atoms with Crippen molar-refractivity contribution in [1.82, 2.24) is 14.5 Å². The average Bonchev–Trinajstić information content (AvgIpc) is 3.20. The third-order valence-electron chi connectivity index (χ3n) is 6.08. The van der Waals surface area contributed by atoms with E-state index in [-0.39, 0.29) is 17.1 Å². The van der Waals surface area contributed by atoms with Crippen molar-refractivity contribution >= 4 is 50.7 Å². The first-order valence-corrected chi connectivity index (χ1v) is 13.4. The molecule has 0 fully saturated rings. The van der Waals surface area contributed by atoms with Crippen molar-refractivity contribution in [3.8, 4) is 0 Å². The highest BCUT2D eigenvalue weighted by atomic mass is 35.5. The molecule has 5 nitrogen and oxygen atoms in total. The van der Waals surface area contributed by atoms with Gasteiger partial charge in [0.25, 0.3) is 5.56 Å². The summed E-state index contributed by atoms with van der Waals surface area (Å²) in [6.45, 7) is 2.31. The molecule has 5 rings (SSSR count). The molecule has 1 aliphatic heterocycles. The maximum absolute atomic E-state index is 13.7. The molecule has 0 unspecified atom stereocenters. The molecular formula is C26H24ClN3O2S2. The number of thiophene rings is 1. The Balaban J connectivity index is 1.49. The van der Waals surface area contributed by atoms with Gasteiger partial charge in [0, 0.05) is 35.1 Å². The molecule has 8 heteroatoms. The number of Topliss-reactive ketones (excluding diaryl/α,β-unsaturated/α-hetero) is 1. The van der Waals surface area contributed by atoms with Crippen molar-refractivity contribution in [3.63, 3.8) is 0 Å². The summed E-state index contributed by atoms with van der Waals surface area (Å²) in [7, 11) is 2.10. The van der Waals surface area contributed by atoms with Crippen LogP contribution in [0.5, 0.6) is 0 Å². The molecule has 0 saturated heterocycles. The average molecular weight is 510 g/mol. The van der Waals surface area contributed by atoms with Crippen LogP contribution in [0.25, 0.3) is 10.2 Å². The maximum Gasteiger partial charge on any atom is 0.263 e. The van der Waals surface area contributed by atoms with Crippen LogP contribution in [-0.4, -0.2) is 39.6 Å². The number of benzene rings is 2. The lowest BCUT2D eigenvalue weighted by Gasteiger charge is -2.21. The van der Waals surface area contributed by atoms with Crippen molar-refractivity contribution < 1.29 is 4.79 Å². The van der Waals surface area contributed by atoms with Gasteiger partial charge in [-0.1, -0.05) is 53.7 Å². The zero-order chi connectivity index (χ0) is 23.7. The molecule has 0 aliphatic carbocycles. The van der Waals surface area contributed by atoms with Gasteiger partial charge in [-0.05, 0) is 55.3 Å². The van der Waals surface area contributed by atoms with Crippen LogP contribution in [0.3, 0.4) is 0 Å². The van der Waals surface area contributed by atoms with Gasteiger partial charge in [0.15, 0.2) is 10.9 Å². The van der Waals surface area contributed by atoms with E-state index in [1.54, 1.807) is 40.2 Å². The van der Waals surface area contributed by atoms with Crippen LogP contribution < -0.4 is 5.56 Å². The molecule has 1 aliphatic rings. The molecule has 4 aromatic rings. The summed E-state index contributed by atoms with van der Waals surface area (Å²) in [6.07, 6.45) is 1.59. The van der Waals surface area contributed by atoms with Gasteiger partial charge in [-0.25, -0.2) is 4.98 Å². The second kappa shape index (κ2) is 10.0. The minimum Gasteiger partial charge on any atom is -0.301 e. The number of carbonyl (C=O) groups is 1. The third-order valence-corrected chi connectivity index (χ3v) is 8.42. The van der Waals surface area contributed by atoms with Gasteiger partial charge >= 0.3 is 0 Å². The monoisotopic (exact) mass is 509 g/mol. The molecule has 0 amide bonds. The van der Waals surface area contributed by atoms with E-state index in [1.807, 2.05) is 18.2 Å². The lowest BCUT2D eigenvalue weighted by atomic mass is 10.1. The van der Waals surface area contributed by atoms with E-state index in [9.17, 15) is 9.59 Å². The fraction of sp³-hybridized carbons (Fsp3) is 0.269. The largest absolute Gasteiger partial charge is 0.301 e. The number of thioether (sulfide) groups is 1. The molecule has 0 spiro atoms. The van der Waals surface area contributed by atoms with Gasteiger partial charge < -0.3 is 4.90 Å². The molecule has 2 aromatic heterocycles. The lowest BCUT2D eigenvalue weighted by molar-refractivity contribution is 0.102. The molecule has 0 saturated carbocycles. The van der Waals surface area contributed by atoms with Crippen LogP contribution in [0.15, 0.2) is 64.5 Å². The van der Waals surface area contributed by atoms with Crippen LogP contribution in [-0.2, 0) is 25.9 Å². The molecule has 2 aromatic carbocycles. The van der Waals surface area contributed by atoms with Gasteiger partial charge in [0.1, 0.15) is 4.83 Å². The Bertz CT molecular complexity index is 1400. The molecule has 34 heavy (non-hydrogen) atoms. The van der Waals surface area contributed by atoms with Gasteiger partial charge in [0.2, 0.25) is 0 Å². The third kappa shape index (κ3) is 4.84. The second-order valence-corrected chi connectivity index (χ2v) is 10.9. The van der Waals surface area contributed by atoms with Crippen molar-refractivity contribution in [2.75, 3.05) is 19.3 Å². The normalized spacial score (nSPS) is 13.8. The second-order valence-electron chi connectivity index (χ2n) is 8.48. The Morgan fingerprint density at radius 2 is 1.91 bits per heavy atom. The van der Waals surface area contributed by atoms with Gasteiger partial charge in [-0.15, -0.1) is 11.3 Å². The Labute approximate surface area is 211 Å². The zero-order valence-electron chi connectivity index (χ0n) is 18.8. The van der Waals surface area contributed by atoms with E-state index in [1.165, 1.54) is 16.6 Å². The van der Waals surface area contributed by atoms with E-state index in [0.29, 0.717) is 22.3 Å². The topological polar surface area (TPSA) is 55.2 Å². The molecule has 0 bridgehead atoms. The van der Waals surface area contributed by atoms with Gasteiger partial charge in [0.05, 0.1) is 11.1 Å². The standard InChI is InChI=1S/C26H24ClN3O2S2/c1-29-13-12-20-22(15-29)34-24-23(20)25(32)30(14-11-17-5-3-2-4-6-17)26(28-24)33-16-21(31)18-7-9-19(27)10-8-18/h2-10H,11-16H2,1H3. The number of fused-ring (bicyclic) bond motifs is 3. The number of aryl methyl sites for hydroxylation is 1. The Morgan fingerprint density at radius 1 is 1.15 bits per heavy atom. The van der Waals surface area contributed by atoms with E-state index in [2.05, 4.69) is 24.1 Å². The summed E-state index contributed by atoms with van der Waals surface area (Å²) < 4.78 is 1.76. The van der Waals surface area contributed by atoms with Crippen molar-refractivity contribution in [2.24, 2.45) is 0 Å². The first-order chi connectivity index (χ1) is 16.5. The number of likely N-dealkylation sites (N-methyl/N-ethyl adjacent to an activating group) is 1. The SMILES string of the molecule is CN1CCc2c(sc3nc(SCC(=O)c4ccc(Cl)cc4)n(CCc4ccccc4)c(=O)c23)C1. The highest BCUT2D eigenvalue weighted by Gasteiger charge is 2.24. The van der Waals surface area contributed by atoms with Crippen molar-refractivity contribution in [3.05, 3.63) is 91.5 Å². The maximum atomic E-state index is 13.7. The Hall–Kier alpha value is -2.45. The van der Waals surface area contributed by atoms with Crippen molar-refractivity contribution in [1.29, 1.82) is 0 Å². The summed E-state index contributed by atoms with van der Waals surface area (Å²) in [5, 5.41) is 1.95. The van der Waals surface area contributed by atoms with Gasteiger partial charge in [-0.2, -0.15) is 0 Å². The van der Waals surface area contributed by atoms with Crippen molar-refractivity contribution in [2.45, 2.75) is 31.1 Å². The number of halogens is 1. The number of rotatable bonds is 7. The summed E-state index contributed by atoms with van der Waals surface area (Å²) in [6, 6.07) is 17.0.